The predicted octanol–water partition coefficient (Wildman–Crippen LogP) is -0.360. The Morgan fingerprint density at radius 2 is 2.00 bits per heavy atom. The number of nitrogens with one attached hydrogen (secondary N) is 1. The number of nitrogens with two attached hydrogens (primary N) is 1. The number of aldehydes is 1. The molecule has 0 aromatic heterocycles. The number of carbonyl (C=O) groups is 2. The number of carbonyl (C=O) groups excluding carboxylic acids is 2. The summed E-state index contributed by atoms with van der Waals surface area (Å²) in [7, 11) is 2.04. The second kappa shape index (κ2) is 8.05. The maximum Gasteiger partial charge on any atom is 0.318 e. The minimum absolute atomic E-state index is 0.132. The fourth-order valence-corrected chi connectivity index (χ4v) is 1.94. The standard InChI is InChI=1S/C12H24N4O2/c1-15-6-8-16(9-7-15)12(18)14-11(10-17)4-2-3-5-13/h10-11H,2-9,13H2,1H3,(H,14,18). The molecule has 1 unspecified atom stereocenters. The van der Waals surface area contributed by atoms with Crippen LogP contribution in [0.2, 0.25) is 0 Å². The van der Waals surface area contributed by atoms with Gasteiger partial charge in [-0.2, -0.15) is 0 Å². The lowest BCUT2D eigenvalue weighted by molar-refractivity contribution is -0.109. The first-order valence-corrected chi connectivity index (χ1v) is 6.56. The highest BCUT2D eigenvalue weighted by atomic mass is 16.2. The number of rotatable bonds is 6. The lowest BCUT2D eigenvalue weighted by Gasteiger charge is -2.33. The van der Waals surface area contributed by atoms with E-state index in [0.717, 1.165) is 45.3 Å². The van der Waals surface area contributed by atoms with Gasteiger partial charge < -0.3 is 25.6 Å². The zero-order valence-corrected chi connectivity index (χ0v) is 11.1. The number of hydrogen-bond acceptors (Lipinski definition) is 4. The molecule has 0 aromatic carbocycles. The van der Waals surface area contributed by atoms with Crippen LogP contribution >= 0.6 is 0 Å². The van der Waals surface area contributed by atoms with E-state index < -0.39 is 0 Å². The molecule has 1 atom stereocenters. The maximum atomic E-state index is 11.9. The summed E-state index contributed by atoms with van der Waals surface area (Å²) in [5.41, 5.74) is 5.40. The third-order valence-corrected chi connectivity index (χ3v) is 3.23. The summed E-state index contributed by atoms with van der Waals surface area (Å²) in [6.45, 7) is 3.82. The third-order valence-electron chi connectivity index (χ3n) is 3.23. The van der Waals surface area contributed by atoms with Gasteiger partial charge in [-0.3, -0.25) is 0 Å². The highest BCUT2D eigenvalue weighted by molar-refractivity contribution is 5.78. The molecule has 0 saturated carbocycles. The largest absolute Gasteiger partial charge is 0.330 e. The highest BCUT2D eigenvalue weighted by Gasteiger charge is 2.20. The van der Waals surface area contributed by atoms with Gasteiger partial charge in [0.1, 0.15) is 6.29 Å². The molecular formula is C12H24N4O2. The summed E-state index contributed by atoms with van der Waals surface area (Å²) in [5.74, 6) is 0. The molecule has 6 heteroatoms. The van der Waals surface area contributed by atoms with E-state index in [0.29, 0.717) is 13.0 Å². The topological polar surface area (TPSA) is 78.7 Å². The SMILES string of the molecule is CN1CCN(C(=O)NC(C=O)CCCCN)CC1. The van der Waals surface area contributed by atoms with Gasteiger partial charge in [-0.05, 0) is 32.9 Å². The lowest BCUT2D eigenvalue weighted by Crippen LogP contribution is -2.52. The Labute approximate surface area is 108 Å². The van der Waals surface area contributed by atoms with E-state index in [-0.39, 0.29) is 12.1 Å². The predicted molar refractivity (Wildman–Crippen MR) is 70.4 cm³/mol. The maximum absolute atomic E-state index is 11.9. The summed E-state index contributed by atoms with van der Waals surface area (Å²) in [6.07, 6.45) is 3.22. The molecule has 0 radical (unpaired) electrons. The Morgan fingerprint density at radius 3 is 2.56 bits per heavy atom. The summed E-state index contributed by atoms with van der Waals surface area (Å²) >= 11 is 0. The molecule has 6 nitrogen and oxygen atoms in total. The van der Waals surface area contributed by atoms with E-state index in [4.69, 9.17) is 5.73 Å². The minimum atomic E-state index is -0.385. The molecule has 1 aliphatic heterocycles. The number of amides is 2. The van der Waals surface area contributed by atoms with Crippen LogP contribution in [0.1, 0.15) is 19.3 Å². The molecule has 0 spiro atoms. The van der Waals surface area contributed by atoms with Crippen molar-refractivity contribution in [2.75, 3.05) is 39.8 Å². The van der Waals surface area contributed by atoms with Crippen molar-refractivity contribution in [1.82, 2.24) is 15.1 Å². The Balaban J connectivity index is 2.30. The van der Waals surface area contributed by atoms with Crippen LogP contribution in [0.5, 0.6) is 0 Å². The van der Waals surface area contributed by atoms with Crippen LogP contribution in [0.4, 0.5) is 4.79 Å². The van der Waals surface area contributed by atoms with E-state index in [1.807, 2.05) is 7.05 Å². The molecule has 2 amide bonds. The number of unbranched alkanes of at least 4 members (excludes halogenated alkanes) is 1. The van der Waals surface area contributed by atoms with Gasteiger partial charge in [0.25, 0.3) is 0 Å². The Hall–Kier alpha value is -1.14. The van der Waals surface area contributed by atoms with Crippen LogP contribution in [-0.4, -0.2) is 67.9 Å². The Morgan fingerprint density at radius 1 is 1.33 bits per heavy atom. The van der Waals surface area contributed by atoms with Crippen molar-refractivity contribution in [3.63, 3.8) is 0 Å². The molecule has 1 heterocycles. The van der Waals surface area contributed by atoms with Crippen LogP contribution in [0.15, 0.2) is 0 Å². The van der Waals surface area contributed by atoms with Crippen LogP contribution in [0, 0.1) is 0 Å². The second-order valence-corrected chi connectivity index (χ2v) is 4.77. The summed E-state index contributed by atoms with van der Waals surface area (Å²) in [5, 5.41) is 2.77. The number of urea groups is 1. The lowest BCUT2D eigenvalue weighted by atomic mass is 10.1. The van der Waals surface area contributed by atoms with Crippen molar-refractivity contribution in [2.45, 2.75) is 25.3 Å². The van der Waals surface area contributed by atoms with Gasteiger partial charge in [-0.25, -0.2) is 4.79 Å². The molecular weight excluding hydrogens is 232 g/mol. The van der Waals surface area contributed by atoms with Crippen LogP contribution in [-0.2, 0) is 4.79 Å². The summed E-state index contributed by atoms with van der Waals surface area (Å²) in [6, 6.07) is -0.517. The van der Waals surface area contributed by atoms with Gasteiger partial charge in [-0.1, -0.05) is 0 Å². The van der Waals surface area contributed by atoms with E-state index in [9.17, 15) is 9.59 Å². The molecule has 1 rings (SSSR count). The second-order valence-electron chi connectivity index (χ2n) is 4.77. The van der Waals surface area contributed by atoms with Gasteiger partial charge >= 0.3 is 6.03 Å². The smallest absolute Gasteiger partial charge is 0.318 e. The van der Waals surface area contributed by atoms with Crippen molar-refractivity contribution in [1.29, 1.82) is 0 Å². The molecule has 104 valence electrons. The highest BCUT2D eigenvalue weighted by Crippen LogP contribution is 2.02. The fourth-order valence-electron chi connectivity index (χ4n) is 1.94. The molecule has 0 aliphatic carbocycles. The molecule has 0 bridgehead atoms. The summed E-state index contributed by atoms with van der Waals surface area (Å²) in [4.78, 5) is 26.8. The summed E-state index contributed by atoms with van der Waals surface area (Å²) < 4.78 is 0. The van der Waals surface area contributed by atoms with Crippen LogP contribution in [0.3, 0.4) is 0 Å². The van der Waals surface area contributed by atoms with Crippen LogP contribution in [0.25, 0.3) is 0 Å². The van der Waals surface area contributed by atoms with Crippen molar-refractivity contribution in [2.24, 2.45) is 5.73 Å². The number of hydrogen-bond donors (Lipinski definition) is 2. The molecule has 3 N–H and O–H groups in total. The van der Waals surface area contributed by atoms with Crippen molar-refractivity contribution < 1.29 is 9.59 Å². The zero-order valence-electron chi connectivity index (χ0n) is 11.1. The quantitative estimate of drug-likeness (QED) is 0.502. The molecule has 18 heavy (non-hydrogen) atoms. The van der Waals surface area contributed by atoms with E-state index >= 15 is 0 Å². The molecule has 1 saturated heterocycles. The molecule has 0 aromatic rings. The normalized spacial score (nSPS) is 18.4. The van der Waals surface area contributed by atoms with Crippen molar-refractivity contribution >= 4 is 12.3 Å². The Bertz CT molecular complexity index is 265. The first-order valence-electron chi connectivity index (χ1n) is 6.56. The number of nitrogens with zero attached hydrogens (tertiary/aromatic N) is 2. The molecule has 1 fully saturated rings. The number of piperazine rings is 1. The van der Waals surface area contributed by atoms with Crippen molar-refractivity contribution in [3.05, 3.63) is 0 Å². The third kappa shape index (κ3) is 5.01. The minimum Gasteiger partial charge on any atom is -0.330 e. The first kappa shape index (κ1) is 14.9. The molecule has 1 aliphatic rings. The van der Waals surface area contributed by atoms with Crippen molar-refractivity contribution in [3.8, 4) is 0 Å². The monoisotopic (exact) mass is 256 g/mol. The zero-order chi connectivity index (χ0) is 13.4. The van der Waals surface area contributed by atoms with E-state index in [2.05, 4.69) is 10.2 Å². The fraction of sp³-hybridized carbons (Fsp3) is 0.833. The first-order chi connectivity index (χ1) is 8.67. The number of likely N-dealkylation sites (N-methyl/N-ethyl adjacent to an activating group) is 1. The van der Waals surface area contributed by atoms with Gasteiger partial charge in [0.05, 0.1) is 6.04 Å². The van der Waals surface area contributed by atoms with E-state index in [1.54, 1.807) is 4.90 Å². The van der Waals surface area contributed by atoms with Gasteiger partial charge in [0.15, 0.2) is 0 Å². The average Bonchev–Trinajstić information content (AvgIpc) is 2.38. The van der Waals surface area contributed by atoms with Gasteiger partial charge in [0, 0.05) is 26.2 Å². The Kier molecular flexibility index (Phi) is 6.67. The van der Waals surface area contributed by atoms with Crippen LogP contribution < -0.4 is 11.1 Å². The van der Waals surface area contributed by atoms with E-state index in [1.165, 1.54) is 0 Å². The average molecular weight is 256 g/mol. The van der Waals surface area contributed by atoms with Gasteiger partial charge in [0.2, 0.25) is 0 Å². The van der Waals surface area contributed by atoms with Gasteiger partial charge in [-0.15, -0.1) is 0 Å².